The van der Waals surface area contributed by atoms with Crippen LogP contribution in [0.5, 0.6) is 0 Å². The van der Waals surface area contributed by atoms with E-state index in [1.165, 1.54) is 22.4 Å². The number of hydrogen-bond donors (Lipinski definition) is 2. The monoisotopic (exact) mass is 256 g/mol. The van der Waals surface area contributed by atoms with Crippen molar-refractivity contribution in [1.29, 1.82) is 0 Å². The number of rotatable bonds is 4. The number of carbonyl (C=O) groups is 1. The van der Waals surface area contributed by atoms with Crippen LogP contribution < -0.4 is 5.69 Å². The largest absolute Gasteiger partial charge is 0.476 e. The number of H-pyrrole nitrogens is 1. The van der Waals surface area contributed by atoms with Gasteiger partial charge in [-0.25, -0.2) is 14.7 Å². The second-order valence-electron chi connectivity index (χ2n) is 3.14. The first-order chi connectivity index (χ1) is 8.08. The zero-order valence-corrected chi connectivity index (χ0v) is 9.52. The minimum absolute atomic E-state index is 0.142. The number of thioether (sulfide) groups is 1. The maximum absolute atomic E-state index is 11.1. The highest BCUT2D eigenvalue weighted by Gasteiger charge is 2.12. The van der Waals surface area contributed by atoms with E-state index in [1.807, 2.05) is 0 Å². The summed E-state index contributed by atoms with van der Waals surface area (Å²) in [5.41, 5.74) is -0.451. The van der Waals surface area contributed by atoms with Gasteiger partial charge in [0, 0.05) is 13.1 Å². The lowest BCUT2D eigenvalue weighted by Crippen LogP contribution is -2.12. The third-order valence-electron chi connectivity index (χ3n) is 1.96. The predicted molar refractivity (Wildman–Crippen MR) is 56.9 cm³/mol. The molecule has 2 aromatic rings. The highest BCUT2D eigenvalue weighted by molar-refractivity contribution is 7.98. The normalized spacial score (nSPS) is 10.6. The predicted octanol–water partition coefficient (Wildman–Crippen LogP) is 0.0869. The Morgan fingerprint density at radius 3 is 3.00 bits per heavy atom. The molecule has 0 aromatic carbocycles. The second-order valence-corrected chi connectivity index (χ2v) is 4.09. The van der Waals surface area contributed by atoms with E-state index in [-0.39, 0.29) is 11.4 Å². The van der Waals surface area contributed by atoms with E-state index >= 15 is 0 Å². The lowest BCUT2D eigenvalue weighted by Gasteiger charge is -1.95. The molecule has 9 heteroatoms. The van der Waals surface area contributed by atoms with Gasteiger partial charge in [-0.3, -0.25) is 4.57 Å². The molecule has 17 heavy (non-hydrogen) atoms. The van der Waals surface area contributed by atoms with Gasteiger partial charge in [0.1, 0.15) is 5.76 Å². The van der Waals surface area contributed by atoms with E-state index in [0.717, 1.165) is 0 Å². The van der Waals surface area contributed by atoms with E-state index in [4.69, 9.17) is 9.63 Å². The van der Waals surface area contributed by atoms with Crippen molar-refractivity contribution in [1.82, 2.24) is 19.9 Å². The molecule has 0 atom stereocenters. The Labute approximate surface area is 98.6 Å². The molecule has 90 valence electrons. The minimum atomic E-state index is -1.14. The molecule has 0 bridgehead atoms. The van der Waals surface area contributed by atoms with Crippen LogP contribution in [0.1, 0.15) is 16.2 Å². The van der Waals surface area contributed by atoms with Crippen LogP contribution in [-0.4, -0.2) is 31.0 Å². The first kappa shape index (κ1) is 11.5. The Balaban J connectivity index is 2.05. The number of nitrogens with zero attached hydrogens (tertiary/aromatic N) is 3. The lowest BCUT2D eigenvalue weighted by molar-refractivity contribution is 0.0685. The van der Waals surface area contributed by atoms with Crippen molar-refractivity contribution >= 4 is 17.7 Å². The van der Waals surface area contributed by atoms with Crippen molar-refractivity contribution in [2.45, 2.75) is 10.9 Å². The van der Waals surface area contributed by atoms with Gasteiger partial charge in [0.15, 0.2) is 10.9 Å². The van der Waals surface area contributed by atoms with Crippen LogP contribution in [0.15, 0.2) is 20.5 Å². The van der Waals surface area contributed by atoms with Crippen molar-refractivity contribution in [3.05, 3.63) is 28.0 Å². The second kappa shape index (κ2) is 4.45. The average molecular weight is 256 g/mol. The van der Waals surface area contributed by atoms with E-state index in [0.29, 0.717) is 16.7 Å². The summed E-state index contributed by atoms with van der Waals surface area (Å²) in [6.45, 7) is 0. The van der Waals surface area contributed by atoms with Gasteiger partial charge in [0.2, 0.25) is 0 Å². The fourth-order valence-electron chi connectivity index (χ4n) is 1.08. The van der Waals surface area contributed by atoms with Crippen LogP contribution >= 0.6 is 11.8 Å². The van der Waals surface area contributed by atoms with Crippen molar-refractivity contribution in [2.24, 2.45) is 7.05 Å². The van der Waals surface area contributed by atoms with Crippen LogP contribution in [0.25, 0.3) is 0 Å². The number of aromatic carboxylic acids is 1. The molecule has 0 aliphatic carbocycles. The van der Waals surface area contributed by atoms with Gasteiger partial charge >= 0.3 is 11.7 Å². The Kier molecular flexibility index (Phi) is 3.00. The zero-order chi connectivity index (χ0) is 12.4. The summed E-state index contributed by atoms with van der Waals surface area (Å²) in [7, 11) is 1.58. The average Bonchev–Trinajstić information content (AvgIpc) is 2.86. The molecule has 2 rings (SSSR count). The smallest absolute Gasteiger partial charge is 0.358 e. The zero-order valence-electron chi connectivity index (χ0n) is 8.71. The van der Waals surface area contributed by atoms with E-state index < -0.39 is 5.97 Å². The summed E-state index contributed by atoms with van der Waals surface area (Å²) in [5, 5.41) is 18.6. The number of carboxylic acid groups (broad SMARTS) is 1. The number of aromatic nitrogens is 4. The maximum atomic E-state index is 11.1. The fourth-order valence-corrected chi connectivity index (χ4v) is 1.87. The summed E-state index contributed by atoms with van der Waals surface area (Å²) < 4.78 is 6.16. The summed E-state index contributed by atoms with van der Waals surface area (Å²) in [6, 6.07) is 1.33. The van der Waals surface area contributed by atoms with Crippen molar-refractivity contribution in [3.63, 3.8) is 0 Å². The van der Waals surface area contributed by atoms with Gasteiger partial charge < -0.3 is 9.63 Å². The van der Waals surface area contributed by atoms with Gasteiger partial charge in [-0.05, 0) is 0 Å². The summed E-state index contributed by atoms with van der Waals surface area (Å²) >= 11 is 1.24. The van der Waals surface area contributed by atoms with E-state index in [9.17, 15) is 9.59 Å². The molecule has 2 N–H and O–H groups in total. The molecule has 0 aliphatic heterocycles. The van der Waals surface area contributed by atoms with Crippen LogP contribution in [0, 0.1) is 0 Å². The molecule has 0 radical (unpaired) electrons. The Morgan fingerprint density at radius 2 is 2.47 bits per heavy atom. The molecule has 0 saturated carbocycles. The quantitative estimate of drug-likeness (QED) is 0.745. The highest BCUT2D eigenvalue weighted by atomic mass is 32.2. The SMILES string of the molecule is Cn1c(SCc2cc(C(=O)O)no2)n[nH]c1=O. The molecule has 0 saturated heterocycles. The molecular weight excluding hydrogens is 248 g/mol. The van der Waals surface area contributed by atoms with Crippen molar-refractivity contribution in [2.75, 3.05) is 0 Å². The molecular formula is C8H8N4O4S. The number of carboxylic acids is 1. The summed E-state index contributed by atoms with van der Waals surface area (Å²) in [6.07, 6.45) is 0. The molecule has 0 spiro atoms. The highest BCUT2D eigenvalue weighted by Crippen LogP contribution is 2.19. The van der Waals surface area contributed by atoms with E-state index in [1.54, 1.807) is 7.05 Å². The molecule has 8 nitrogen and oxygen atoms in total. The fraction of sp³-hybridized carbons (Fsp3) is 0.250. The van der Waals surface area contributed by atoms with Crippen LogP contribution in [0.2, 0.25) is 0 Å². The lowest BCUT2D eigenvalue weighted by atomic mass is 10.4. The van der Waals surface area contributed by atoms with Gasteiger partial charge in [0.05, 0.1) is 5.75 Å². The number of hydrogen-bond acceptors (Lipinski definition) is 6. The Bertz CT molecular complexity index is 599. The maximum Gasteiger partial charge on any atom is 0.358 e. The third kappa shape index (κ3) is 2.38. The first-order valence-corrected chi connectivity index (χ1v) is 5.49. The van der Waals surface area contributed by atoms with Gasteiger partial charge in [0.25, 0.3) is 0 Å². The number of aromatic amines is 1. The van der Waals surface area contributed by atoms with Crippen LogP contribution in [0.4, 0.5) is 0 Å². The van der Waals surface area contributed by atoms with E-state index in [2.05, 4.69) is 15.4 Å². The summed E-state index contributed by atoms with van der Waals surface area (Å²) in [5.74, 6) is -0.390. The Morgan fingerprint density at radius 1 is 1.71 bits per heavy atom. The molecule has 0 aliphatic rings. The van der Waals surface area contributed by atoms with Crippen molar-refractivity contribution < 1.29 is 14.4 Å². The van der Waals surface area contributed by atoms with Crippen LogP contribution in [-0.2, 0) is 12.8 Å². The standard InChI is InChI=1S/C8H8N4O4S/c1-12-7(15)9-10-8(12)17-3-4-2-5(6(13)14)11-16-4/h2H,3H2,1H3,(H,9,15)(H,13,14). The third-order valence-corrected chi connectivity index (χ3v) is 3.01. The first-order valence-electron chi connectivity index (χ1n) is 4.51. The molecule has 0 fully saturated rings. The summed E-state index contributed by atoms with van der Waals surface area (Å²) in [4.78, 5) is 21.6. The topological polar surface area (TPSA) is 114 Å². The molecule has 0 unspecified atom stereocenters. The minimum Gasteiger partial charge on any atom is -0.476 e. The van der Waals surface area contributed by atoms with Crippen molar-refractivity contribution in [3.8, 4) is 0 Å². The van der Waals surface area contributed by atoms with Gasteiger partial charge in [-0.15, -0.1) is 5.10 Å². The Hall–Kier alpha value is -2.03. The molecule has 0 amide bonds. The number of nitrogens with one attached hydrogen (secondary N) is 1. The van der Waals surface area contributed by atoms with Gasteiger partial charge in [-0.2, -0.15) is 0 Å². The molecule has 2 heterocycles. The molecule has 2 aromatic heterocycles. The van der Waals surface area contributed by atoms with Crippen LogP contribution in [0.3, 0.4) is 0 Å². The van der Waals surface area contributed by atoms with Gasteiger partial charge in [-0.1, -0.05) is 16.9 Å².